The van der Waals surface area contributed by atoms with Crippen molar-refractivity contribution in [1.29, 1.82) is 0 Å². The quantitative estimate of drug-likeness (QED) is 0.414. The molecule has 0 radical (unpaired) electrons. The minimum Gasteiger partial charge on any atom is -0.496 e. The number of ether oxygens (including phenoxy) is 3. The van der Waals surface area contributed by atoms with Crippen LogP contribution in [0.5, 0.6) is 11.6 Å². The van der Waals surface area contributed by atoms with Gasteiger partial charge in [0.05, 0.1) is 18.9 Å². The van der Waals surface area contributed by atoms with Gasteiger partial charge in [0.1, 0.15) is 29.0 Å². The summed E-state index contributed by atoms with van der Waals surface area (Å²) >= 11 is 0. The van der Waals surface area contributed by atoms with Gasteiger partial charge in [-0.1, -0.05) is 12.1 Å². The van der Waals surface area contributed by atoms with E-state index in [9.17, 15) is 22.8 Å². The summed E-state index contributed by atoms with van der Waals surface area (Å²) in [6, 6.07) is 6.23. The number of nitrogens with one attached hydrogen (secondary N) is 2. The molecule has 1 aromatic heterocycles. The monoisotopic (exact) mass is 600 g/mol. The third-order valence-corrected chi connectivity index (χ3v) is 9.49. The van der Waals surface area contributed by atoms with Crippen LogP contribution >= 0.6 is 0 Å². The molecule has 1 aromatic carbocycles. The average molecular weight is 601 g/mol. The first-order valence-corrected chi connectivity index (χ1v) is 15.4. The predicted octanol–water partition coefficient (Wildman–Crippen LogP) is 2.67. The molecule has 0 bridgehead atoms. The van der Waals surface area contributed by atoms with Crippen LogP contribution in [0.25, 0.3) is 10.8 Å². The van der Waals surface area contributed by atoms with Crippen LogP contribution in [0.15, 0.2) is 43.1 Å². The van der Waals surface area contributed by atoms with Gasteiger partial charge in [-0.05, 0) is 58.2 Å². The first-order chi connectivity index (χ1) is 19.8. The Hall–Kier alpha value is -3.87. The first kappa shape index (κ1) is 29.6. The predicted molar refractivity (Wildman–Crippen MR) is 153 cm³/mol. The van der Waals surface area contributed by atoms with E-state index in [1.165, 1.54) is 11.0 Å². The van der Waals surface area contributed by atoms with Crippen LogP contribution in [0.1, 0.15) is 46.5 Å². The van der Waals surface area contributed by atoms with Gasteiger partial charge in [0.25, 0.3) is 5.91 Å². The number of hydrogen-bond donors (Lipinski definition) is 2. The van der Waals surface area contributed by atoms with Gasteiger partial charge in [-0.2, -0.15) is 0 Å². The van der Waals surface area contributed by atoms with Crippen LogP contribution in [-0.4, -0.2) is 78.4 Å². The number of sulfonamides is 1. The Bertz CT molecular complexity index is 1530. The first-order valence-electron chi connectivity index (χ1n) is 13.9. The highest BCUT2D eigenvalue weighted by Crippen LogP contribution is 2.45. The van der Waals surface area contributed by atoms with E-state index >= 15 is 0 Å². The maximum atomic E-state index is 13.7. The lowest BCUT2D eigenvalue weighted by molar-refractivity contribution is -0.131. The molecule has 42 heavy (non-hydrogen) atoms. The van der Waals surface area contributed by atoms with Gasteiger partial charge in [-0.25, -0.2) is 18.2 Å². The molecule has 1 unspecified atom stereocenters. The van der Waals surface area contributed by atoms with Gasteiger partial charge in [0.15, 0.2) is 0 Å². The lowest BCUT2D eigenvalue weighted by Crippen LogP contribution is -2.56. The molecule has 13 heteroatoms. The molecule has 1 aliphatic heterocycles. The van der Waals surface area contributed by atoms with E-state index in [1.807, 2.05) is 18.2 Å². The number of nitrogens with zero attached hydrogens (tertiary/aromatic N) is 2. The van der Waals surface area contributed by atoms with Gasteiger partial charge < -0.3 is 19.5 Å². The molecule has 5 rings (SSSR count). The maximum absolute atomic E-state index is 13.7. The zero-order valence-corrected chi connectivity index (χ0v) is 24.9. The van der Waals surface area contributed by atoms with E-state index in [-0.39, 0.29) is 19.4 Å². The highest BCUT2D eigenvalue weighted by atomic mass is 32.2. The van der Waals surface area contributed by atoms with Crippen molar-refractivity contribution in [3.05, 3.63) is 43.1 Å². The lowest BCUT2D eigenvalue weighted by atomic mass is 10.1. The summed E-state index contributed by atoms with van der Waals surface area (Å²) < 4.78 is 44.3. The number of likely N-dealkylation sites (tertiary alicyclic amines) is 1. The van der Waals surface area contributed by atoms with Crippen molar-refractivity contribution in [3.63, 3.8) is 0 Å². The third-order valence-electron chi connectivity index (χ3n) is 7.67. The Labute approximate surface area is 244 Å². The number of rotatable bonds is 9. The number of benzene rings is 1. The molecule has 0 spiro atoms. The summed E-state index contributed by atoms with van der Waals surface area (Å²) in [4.78, 5) is 45.8. The molecule has 2 aromatic rings. The van der Waals surface area contributed by atoms with Crippen LogP contribution in [0, 0.1) is 5.92 Å². The number of pyridine rings is 1. The highest BCUT2D eigenvalue weighted by molar-refractivity contribution is 7.91. The molecule has 2 saturated carbocycles. The Kier molecular flexibility index (Phi) is 7.58. The van der Waals surface area contributed by atoms with Crippen molar-refractivity contribution in [1.82, 2.24) is 19.9 Å². The van der Waals surface area contributed by atoms with Gasteiger partial charge >= 0.3 is 6.09 Å². The minimum atomic E-state index is -3.83. The average Bonchev–Trinajstić information content (AvgIpc) is 3.84. The zero-order valence-electron chi connectivity index (χ0n) is 24.1. The second kappa shape index (κ2) is 10.8. The van der Waals surface area contributed by atoms with Crippen LogP contribution < -0.4 is 19.5 Å². The number of hydrogen-bond acceptors (Lipinski definition) is 9. The number of fused-ring (bicyclic) bond motifs is 1. The van der Waals surface area contributed by atoms with E-state index in [1.54, 1.807) is 40.1 Å². The topological polar surface area (TPSA) is 153 Å². The molecule has 2 aliphatic carbocycles. The summed E-state index contributed by atoms with van der Waals surface area (Å²) in [7, 11) is -2.26. The number of carbonyl (C=O) groups is 3. The fourth-order valence-electron chi connectivity index (χ4n) is 5.25. The summed E-state index contributed by atoms with van der Waals surface area (Å²) in [5.74, 6) is -0.933. The van der Waals surface area contributed by atoms with Gasteiger partial charge in [-0.15, -0.1) is 6.58 Å². The highest BCUT2D eigenvalue weighted by Gasteiger charge is 2.62. The van der Waals surface area contributed by atoms with Crippen molar-refractivity contribution in [2.45, 2.75) is 75.0 Å². The van der Waals surface area contributed by atoms with E-state index in [4.69, 9.17) is 14.2 Å². The van der Waals surface area contributed by atoms with Crippen LogP contribution in [0.3, 0.4) is 0 Å². The number of amides is 3. The van der Waals surface area contributed by atoms with Gasteiger partial charge in [0, 0.05) is 29.3 Å². The zero-order chi connectivity index (χ0) is 30.4. The maximum Gasteiger partial charge on any atom is 0.411 e. The molecule has 3 aliphatic rings. The molecule has 4 atom stereocenters. The Balaban J connectivity index is 1.38. The largest absolute Gasteiger partial charge is 0.496 e. The van der Waals surface area contributed by atoms with E-state index in [0.29, 0.717) is 29.9 Å². The van der Waals surface area contributed by atoms with Crippen molar-refractivity contribution in [2.24, 2.45) is 5.92 Å². The van der Waals surface area contributed by atoms with Crippen LogP contribution in [0.4, 0.5) is 4.79 Å². The molecule has 1 saturated heterocycles. The molecule has 2 heterocycles. The fraction of sp³-hybridized carbons (Fsp3) is 0.517. The molecular formula is C29H36N4O8S. The SMILES string of the molecule is C=C[C@@H]1C[C@]1(NC(=O)C1C[C@@H](Oc2nccc3c(OC)cccc23)CN1C(=O)OC(C)(C)C)C(=O)NS(=O)(=O)C1CC1. The normalized spacial score (nSPS) is 25.4. The number of aromatic nitrogens is 1. The van der Waals surface area contributed by atoms with Crippen molar-refractivity contribution in [2.75, 3.05) is 13.7 Å². The Morgan fingerprint density at radius 3 is 2.52 bits per heavy atom. The van der Waals surface area contributed by atoms with E-state index in [2.05, 4.69) is 21.6 Å². The van der Waals surface area contributed by atoms with Crippen molar-refractivity contribution in [3.8, 4) is 11.6 Å². The van der Waals surface area contributed by atoms with Crippen molar-refractivity contribution >= 4 is 38.7 Å². The Morgan fingerprint density at radius 2 is 1.90 bits per heavy atom. The fourth-order valence-corrected chi connectivity index (χ4v) is 6.62. The molecule has 2 N–H and O–H groups in total. The molecule has 226 valence electrons. The standard InChI is InChI=1S/C29H36N4O8S/c1-6-17-15-29(17,26(35)32-42(37,38)19-10-11-19)31-24(34)22-14-18(16-33(22)27(36)41-28(2,3)4)40-25-21-8-7-9-23(39-5)20(21)12-13-30-25/h6-9,12-13,17-19,22H,1,10-11,14-16H2,2-5H3,(H,31,34)(H,32,35)/t17-,18-,22?,29-/m1/s1. The molecule has 12 nitrogen and oxygen atoms in total. The minimum absolute atomic E-state index is 0.0230. The Morgan fingerprint density at radius 1 is 1.17 bits per heavy atom. The summed E-state index contributed by atoms with van der Waals surface area (Å²) in [5.41, 5.74) is -2.30. The van der Waals surface area contributed by atoms with E-state index in [0.717, 1.165) is 5.39 Å². The smallest absolute Gasteiger partial charge is 0.411 e. The third kappa shape index (κ3) is 5.87. The molecule has 3 fully saturated rings. The lowest BCUT2D eigenvalue weighted by Gasteiger charge is -2.29. The van der Waals surface area contributed by atoms with Crippen LogP contribution in [-0.2, 0) is 24.3 Å². The second-order valence-corrected chi connectivity index (χ2v) is 13.9. The summed E-state index contributed by atoms with van der Waals surface area (Å²) in [5, 5.41) is 3.63. The second-order valence-electron chi connectivity index (χ2n) is 12.0. The summed E-state index contributed by atoms with van der Waals surface area (Å²) in [6.07, 6.45) is 3.00. The van der Waals surface area contributed by atoms with Gasteiger partial charge in [0.2, 0.25) is 21.8 Å². The van der Waals surface area contributed by atoms with Crippen LogP contribution in [0.2, 0.25) is 0 Å². The summed E-state index contributed by atoms with van der Waals surface area (Å²) in [6.45, 7) is 8.91. The molecule has 3 amide bonds. The van der Waals surface area contributed by atoms with Gasteiger partial charge in [-0.3, -0.25) is 19.2 Å². The van der Waals surface area contributed by atoms with Crippen molar-refractivity contribution < 1.29 is 37.0 Å². The number of methoxy groups -OCH3 is 1. The number of carbonyl (C=O) groups excluding carboxylic acids is 3. The molecular weight excluding hydrogens is 564 g/mol. The van der Waals surface area contributed by atoms with E-state index < -0.39 is 62.4 Å².